The van der Waals surface area contributed by atoms with Crippen molar-refractivity contribution in [2.24, 2.45) is 11.7 Å². The number of hydrogen-bond donors (Lipinski definition) is 3. The molecule has 0 bridgehead atoms. The maximum absolute atomic E-state index is 13.0. The minimum atomic E-state index is -0.640. The summed E-state index contributed by atoms with van der Waals surface area (Å²) in [6, 6.07) is 9.75. The van der Waals surface area contributed by atoms with Crippen molar-refractivity contribution in [3.63, 3.8) is 0 Å². The molecule has 2 heterocycles. The monoisotopic (exact) mass is 340 g/mol. The second-order valence-corrected chi connectivity index (χ2v) is 6.42. The minimum Gasteiger partial charge on any atom is -0.364 e. The van der Waals surface area contributed by atoms with Crippen LogP contribution in [0.4, 0.5) is 5.69 Å². The van der Waals surface area contributed by atoms with Crippen LogP contribution in [0.25, 0.3) is 0 Å². The van der Waals surface area contributed by atoms with Gasteiger partial charge in [0.25, 0.3) is 11.8 Å². The Morgan fingerprint density at radius 2 is 1.84 bits per heavy atom. The van der Waals surface area contributed by atoms with Gasteiger partial charge < -0.3 is 20.9 Å². The maximum Gasteiger partial charge on any atom is 0.271 e. The number of nitrogens with zero attached hydrogens (tertiary/aromatic N) is 1. The predicted molar refractivity (Wildman–Crippen MR) is 92.9 cm³/mol. The summed E-state index contributed by atoms with van der Waals surface area (Å²) in [5.74, 6) is -1.30. The Morgan fingerprint density at radius 3 is 2.48 bits per heavy atom. The molecule has 2 aromatic rings. The zero-order chi connectivity index (χ0) is 18.1. The average Bonchev–Trinajstić information content (AvgIpc) is 2.99. The van der Waals surface area contributed by atoms with Crippen LogP contribution >= 0.6 is 0 Å². The van der Waals surface area contributed by atoms with Gasteiger partial charge in [-0.25, -0.2) is 0 Å². The third-order valence-corrected chi connectivity index (χ3v) is 4.29. The Kier molecular flexibility index (Phi) is 4.31. The van der Waals surface area contributed by atoms with Gasteiger partial charge in [-0.1, -0.05) is 32.0 Å². The predicted octanol–water partition coefficient (Wildman–Crippen LogP) is 1.73. The molecule has 3 rings (SSSR count). The Hall–Kier alpha value is -3.09. The van der Waals surface area contributed by atoms with E-state index in [1.165, 1.54) is 17.0 Å². The molecule has 1 aromatic carbocycles. The third-order valence-electron chi connectivity index (χ3n) is 4.29. The molecular weight excluding hydrogens is 320 g/mol. The number of aromatic nitrogens is 1. The number of rotatable bonds is 3. The van der Waals surface area contributed by atoms with Gasteiger partial charge in [-0.2, -0.15) is 0 Å². The standard InChI is InChI=1S/C18H20N4O3/c1-10(2)15-17(24)21-12-6-4-3-5-11(12)9-22(15)18(25)14-8-7-13(20-14)16(19)23/h3-8,10,15,20H,9H2,1-2H3,(H2,19,23)(H,21,24)/t15-/m0/s1. The molecule has 7 heteroatoms. The molecule has 130 valence electrons. The van der Waals surface area contributed by atoms with Crippen LogP contribution < -0.4 is 11.1 Å². The Morgan fingerprint density at radius 1 is 1.16 bits per heavy atom. The number of primary amides is 1. The first-order valence-corrected chi connectivity index (χ1v) is 8.07. The zero-order valence-electron chi connectivity index (χ0n) is 14.1. The van der Waals surface area contributed by atoms with E-state index in [2.05, 4.69) is 10.3 Å². The summed E-state index contributed by atoms with van der Waals surface area (Å²) in [5.41, 5.74) is 7.18. The Balaban J connectivity index is 2.01. The normalized spacial score (nSPS) is 17.0. The highest BCUT2D eigenvalue weighted by molar-refractivity contribution is 6.02. The van der Waals surface area contributed by atoms with Crippen LogP contribution in [-0.2, 0) is 11.3 Å². The van der Waals surface area contributed by atoms with Crippen molar-refractivity contribution < 1.29 is 14.4 Å². The van der Waals surface area contributed by atoms with Crippen LogP contribution in [0.3, 0.4) is 0 Å². The van der Waals surface area contributed by atoms with Crippen LogP contribution in [0.2, 0.25) is 0 Å². The van der Waals surface area contributed by atoms with Crippen molar-refractivity contribution in [2.75, 3.05) is 5.32 Å². The van der Waals surface area contributed by atoms with Crippen LogP contribution in [0, 0.1) is 5.92 Å². The number of nitrogens with two attached hydrogens (primary N) is 1. The van der Waals surface area contributed by atoms with Gasteiger partial charge >= 0.3 is 0 Å². The van der Waals surface area contributed by atoms with Crippen LogP contribution in [0.1, 0.15) is 40.4 Å². The number of carbonyl (C=O) groups is 3. The van der Waals surface area contributed by atoms with E-state index >= 15 is 0 Å². The average molecular weight is 340 g/mol. The summed E-state index contributed by atoms with van der Waals surface area (Å²) in [4.78, 5) is 41.2. The Labute approximate surface area is 145 Å². The van der Waals surface area contributed by atoms with Crippen molar-refractivity contribution in [3.8, 4) is 0 Å². The van der Waals surface area contributed by atoms with E-state index in [1.807, 2.05) is 38.1 Å². The molecule has 0 aliphatic carbocycles. The number of nitrogens with one attached hydrogen (secondary N) is 2. The van der Waals surface area contributed by atoms with Crippen molar-refractivity contribution in [2.45, 2.75) is 26.4 Å². The van der Waals surface area contributed by atoms with Gasteiger partial charge in [0.15, 0.2) is 0 Å². The molecule has 1 aliphatic rings. The van der Waals surface area contributed by atoms with Gasteiger partial charge in [-0.05, 0) is 29.7 Å². The fraction of sp³-hybridized carbons (Fsp3) is 0.278. The van der Waals surface area contributed by atoms with Crippen LogP contribution in [0.15, 0.2) is 36.4 Å². The van der Waals surface area contributed by atoms with Crippen molar-refractivity contribution >= 4 is 23.4 Å². The van der Waals surface area contributed by atoms with E-state index < -0.39 is 11.9 Å². The van der Waals surface area contributed by atoms with Gasteiger partial charge in [0.1, 0.15) is 17.4 Å². The van der Waals surface area contributed by atoms with Gasteiger partial charge in [0.05, 0.1) is 0 Å². The van der Waals surface area contributed by atoms with Gasteiger partial charge in [0, 0.05) is 12.2 Å². The molecule has 0 saturated carbocycles. The molecule has 4 N–H and O–H groups in total. The van der Waals surface area contributed by atoms with Crippen LogP contribution in [-0.4, -0.2) is 33.6 Å². The van der Waals surface area contributed by atoms with E-state index in [-0.39, 0.29) is 29.1 Å². The fourth-order valence-electron chi connectivity index (χ4n) is 3.09. The van der Waals surface area contributed by atoms with Crippen molar-refractivity contribution in [3.05, 3.63) is 53.3 Å². The molecule has 1 aliphatic heterocycles. The maximum atomic E-state index is 13.0. The molecule has 0 unspecified atom stereocenters. The summed E-state index contributed by atoms with van der Waals surface area (Å²) >= 11 is 0. The number of amides is 3. The molecule has 0 radical (unpaired) electrons. The molecule has 1 aromatic heterocycles. The van der Waals surface area contributed by atoms with E-state index in [0.29, 0.717) is 12.2 Å². The molecule has 25 heavy (non-hydrogen) atoms. The van der Waals surface area contributed by atoms with Crippen LogP contribution in [0.5, 0.6) is 0 Å². The number of anilines is 1. The molecule has 0 fully saturated rings. The van der Waals surface area contributed by atoms with E-state index in [1.54, 1.807) is 0 Å². The van der Waals surface area contributed by atoms with Gasteiger partial charge in [-0.3, -0.25) is 14.4 Å². The number of hydrogen-bond acceptors (Lipinski definition) is 3. The quantitative estimate of drug-likeness (QED) is 0.792. The summed E-state index contributed by atoms with van der Waals surface area (Å²) in [6.07, 6.45) is 0. The molecule has 0 spiro atoms. The molecule has 7 nitrogen and oxygen atoms in total. The smallest absolute Gasteiger partial charge is 0.271 e. The molecule has 0 saturated heterocycles. The van der Waals surface area contributed by atoms with Gasteiger partial charge in [-0.15, -0.1) is 0 Å². The lowest BCUT2D eigenvalue weighted by Crippen LogP contribution is -2.48. The summed E-state index contributed by atoms with van der Waals surface area (Å²) < 4.78 is 0. The van der Waals surface area contributed by atoms with E-state index in [0.717, 1.165) is 5.56 Å². The Bertz CT molecular complexity index is 840. The van der Waals surface area contributed by atoms with E-state index in [9.17, 15) is 14.4 Å². The number of fused-ring (bicyclic) bond motifs is 1. The lowest BCUT2D eigenvalue weighted by Gasteiger charge is -2.31. The topological polar surface area (TPSA) is 108 Å². The lowest BCUT2D eigenvalue weighted by atomic mass is 10.0. The van der Waals surface area contributed by atoms with Gasteiger partial charge in [0.2, 0.25) is 5.91 Å². The van der Waals surface area contributed by atoms with Crippen molar-refractivity contribution in [1.82, 2.24) is 9.88 Å². The zero-order valence-corrected chi connectivity index (χ0v) is 14.1. The second kappa shape index (κ2) is 6.43. The highest BCUT2D eigenvalue weighted by atomic mass is 16.2. The molecular formula is C18H20N4O3. The third kappa shape index (κ3) is 3.13. The second-order valence-electron chi connectivity index (χ2n) is 6.42. The number of aromatic amines is 1. The summed E-state index contributed by atoms with van der Waals surface area (Å²) in [6.45, 7) is 4.08. The fourth-order valence-corrected chi connectivity index (χ4v) is 3.09. The minimum absolute atomic E-state index is 0.0798. The van der Waals surface area contributed by atoms with E-state index in [4.69, 9.17) is 5.73 Å². The number of para-hydroxylation sites is 1. The number of carbonyl (C=O) groups excluding carboxylic acids is 3. The first-order chi connectivity index (χ1) is 11.9. The molecule has 1 atom stereocenters. The highest BCUT2D eigenvalue weighted by Crippen LogP contribution is 2.27. The lowest BCUT2D eigenvalue weighted by molar-refractivity contribution is -0.121. The largest absolute Gasteiger partial charge is 0.364 e. The number of benzene rings is 1. The summed E-state index contributed by atoms with van der Waals surface area (Å²) in [7, 11) is 0. The SMILES string of the molecule is CC(C)[C@H]1C(=O)Nc2ccccc2CN1C(=O)c1ccc(C(N)=O)[nH]1. The first-order valence-electron chi connectivity index (χ1n) is 8.07. The molecule has 3 amide bonds. The highest BCUT2D eigenvalue weighted by Gasteiger charge is 2.36. The van der Waals surface area contributed by atoms with Crippen molar-refractivity contribution in [1.29, 1.82) is 0 Å². The number of H-pyrrole nitrogens is 1. The summed E-state index contributed by atoms with van der Waals surface area (Å²) in [5, 5.41) is 2.90. The first kappa shape index (κ1) is 16.8.